The molecule has 0 saturated carbocycles. The van der Waals surface area contributed by atoms with Crippen LogP contribution in [-0.4, -0.2) is 70.1 Å². The van der Waals surface area contributed by atoms with Gasteiger partial charge < -0.3 is 33.2 Å². The van der Waals surface area contributed by atoms with Crippen LogP contribution in [0.1, 0.15) is 85.6 Å². The monoisotopic (exact) mass is 658 g/mol. The number of aliphatic hydroxyl groups excluding tert-OH is 1. The lowest BCUT2D eigenvalue weighted by Gasteiger charge is -2.39. The first kappa shape index (κ1) is 38.7. The van der Waals surface area contributed by atoms with Gasteiger partial charge in [-0.25, -0.2) is 0 Å². The van der Waals surface area contributed by atoms with Crippen LogP contribution in [0.25, 0.3) is 0 Å². The van der Waals surface area contributed by atoms with E-state index in [0.717, 1.165) is 37.0 Å². The summed E-state index contributed by atoms with van der Waals surface area (Å²) in [5.74, 6) is 0.638. The van der Waals surface area contributed by atoms with Crippen molar-refractivity contribution in [3.8, 4) is 5.75 Å². The highest BCUT2D eigenvalue weighted by Gasteiger charge is 2.40. The summed E-state index contributed by atoms with van der Waals surface area (Å²) in [5.41, 5.74) is 2.27. The minimum Gasteiger partial charge on any atom is -0.497 e. The molecular formula is C38H62O7Si. The van der Waals surface area contributed by atoms with Gasteiger partial charge in [-0.05, 0) is 87.7 Å². The Labute approximate surface area is 280 Å². The summed E-state index contributed by atoms with van der Waals surface area (Å²) < 4.78 is 37.1. The molecule has 1 aromatic rings. The number of ether oxygens (including phenoxy) is 5. The van der Waals surface area contributed by atoms with Crippen LogP contribution in [0, 0.1) is 5.92 Å². The van der Waals surface area contributed by atoms with E-state index in [2.05, 4.69) is 71.7 Å². The molecule has 46 heavy (non-hydrogen) atoms. The fourth-order valence-corrected chi connectivity index (χ4v) is 7.06. The lowest BCUT2D eigenvalue weighted by molar-refractivity contribution is -0.157. The molecule has 0 aromatic heterocycles. The molecule has 2 aliphatic rings. The summed E-state index contributed by atoms with van der Waals surface area (Å²) in [6, 6.07) is 7.97. The molecule has 0 bridgehead atoms. The Bertz CT molecular complexity index is 1120. The standard InChI is InChI=1S/C38H62O7Si/c1-28(24-33-14-11-13-32(43-33)21-22-39)23-29(2)25-34(45-46(9,10)37(3,4)5)15-12-16-35(36-27-42-38(6,7)44-36)41-26-30-17-19-31(40-8)20-18-30/h11-13,15,17-20,28,32-36,39H,2,14,16,21-27H2,1,3-10H3/t28-,32-,33-,34?,35+,36-/m0/s1. The van der Waals surface area contributed by atoms with Crippen molar-refractivity contribution in [2.75, 3.05) is 20.3 Å². The van der Waals surface area contributed by atoms with Gasteiger partial charge in [-0.1, -0.05) is 76.3 Å². The van der Waals surface area contributed by atoms with Crippen molar-refractivity contribution >= 4 is 8.32 Å². The van der Waals surface area contributed by atoms with Crippen LogP contribution in [0.4, 0.5) is 0 Å². The van der Waals surface area contributed by atoms with Gasteiger partial charge in [-0.2, -0.15) is 0 Å². The van der Waals surface area contributed by atoms with E-state index in [1.54, 1.807) is 7.11 Å². The van der Waals surface area contributed by atoms with Gasteiger partial charge in [0.25, 0.3) is 0 Å². The number of methoxy groups -OCH3 is 1. The highest BCUT2D eigenvalue weighted by molar-refractivity contribution is 6.74. The Balaban J connectivity index is 1.66. The molecule has 0 amide bonds. The van der Waals surface area contributed by atoms with Gasteiger partial charge in [-0.3, -0.25) is 0 Å². The molecule has 1 saturated heterocycles. The van der Waals surface area contributed by atoms with Gasteiger partial charge in [0.1, 0.15) is 11.9 Å². The lowest BCUT2D eigenvalue weighted by Crippen LogP contribution is -2.43. The van der Waals surface area contributed by atoms with Gasteiger partial charge in [-0.15, -0.1) is 0 Å². The van der Waals surface area contributed by atoms with E-state index in [1.165, 1.54) is 5.57 Å². The van der Waals surface area contributed by atoms with Crippen molar-refractivity contribution < 1.29 is 33.2 Å². The third kappa shape index (κ3) is 12.7. The second-order valence-corrected chi connectivity index (χ2v) is 19.9. The van der Waals surface area contributed by atoms with Crippen LogP contribution in [0.3, 0.4) is 0 Å². The predicted octanol–water partition coefficient (Wildman–Crippen LogP) is 8.53. The maximum Gasteiger partial charge on any atom is 0.192 e. The third-order valence-corrected chi connectivity index (χ3v) is 13.9. The fraction of sp³-hybridized carbons (Fsp3) is 0.684. The fourth-order valence-electron chi connectivity index (χ4n) is 5.79. The van der Waals surface area contributed by atoms with Crippen molar-refractivity contribution in [3.63, 3.8) is 0 Å². The van der Waals surface area contributed by atoms with E-state index in [9.17, 15) is 5.11 Å². The molecular weight excluding hydrogens is 596 g/mol. The van der Waals surface area contributed by atoms with Crippen LogP contribution in [0.2, 0.25) is 18.1 Å². The van der Waals surface area contributed by atoms with Crippen molar-refractivity contribution in [2.24, 2.45) is 5.92 Å². The number of hydrogen-bond acceptors (Lipinski definition) is 7. The second-order valence-electron chi connectivity index (χ2n) is 15.1. The average Bonchev–Trinajstić information content (AvgIpc) is 3.33. The van der Waals surface area contributed by atoms with Gasteiger partial charge in [0.15, 0.2) is 14.1 Å². The van der Waals surface area contributed by atoms with Gasteiger partial charge >= 0.3 is 0 Å². The van der Waals surface area contributed by atoms with E-state index in [0.29, 0.717) is 32.0 Å². The Kier molecular flexibility index (Phi) is 14.8. The number of rotatable bonds is 18. The molecule has 0 aliphatic carbocycles. The molecule has 3 rings (SSSR count). The number of aliphatic hydroxyl groups is 1. The molecule has 1 aromatic carbocycles. The first-order valence-corrected chi connectivity index (χ1v) is 20.0. The Morgan fingerprint density at radius 2 is 1.89 bits per heavy atom. The predicted molar refractivity (Wildman–Crippen MR) is 189 cm³/mol. The minimum absolute atomic E-state index is 0.0166. The van der Waals surface area contributed by atoms with Gasteiger partial charge in [0.2, 0.25) is 0 Å². The molecule has 1 N–H and O–H groups in total. The van der Waals surface area contributed by atoms with E-state index in [1.807, 2.05) is 38.1 Å². The van der Waals surface area contributed by atoms with Crippen molar-refractivity contribution in [1.82, 2.24) is 0 Å². The Hall–Kier alpha value is -1.78. The first-order chi connectivity index (χ1) is 21.6. The smallest absolute Gasteiger partial charge is 0.192 e. The molecule has 2 aliphatic heterocycles. The lowest BCUT2D eigenvalue weighted by atomic mass is 9.91. The molecule has 6 atom stereocenters. The molecule has 8 heteroatoms. The van der Waals surface area contributed by atoms with E-state index >= 15 is 0 Å². The maximum absolute atomic E-state index is 9.32. The Morgan fingerprint density at radius 3 is 2.50 bits per heavy atom. The molecule has 1 unspecified atom stereocenters. The van der Waals surface area contributed by atoms with Crippen molar-refractivity contribution in [1.29, 1.82) is 0 Å². The van der Waals surface area contributed by atoms with E-state index < -0.39 is 14.1 Å². The summed E-state index contributed by atoms with van der Waals surface area (Å²) >= 11 is 0. The summed E-state index contributed by atoms with van der Waals surface area (Å²) in [6.07, 6.45) is 13.4. The highest BCUT2D eigenvalue weighted by atomic mass is 28.4. The molecule has 2 heterocycles. The highest BCUT2D eigenvalue weighted by Crippen LogP contribution is 2.38. The molecule has 7 nitrogen and oxygen atoms in total. The van der Waals surface area contributed by atoms with Gasteiger partial charge in [0, 0.05) is 13.0 Å². The zero-order chi connectivity index (χ0) is 34.0. The topological polar surface area (TPSA) is 75.6 Å². The zero-order valence-electron chi connectivity index (χ0n) is 30.1. The summed E-state index contributed by atoms with van der Waals surface area (Å²) in [4.78, 5) is 0. The maximum atomic E-state index is 9.32. The average molecular weight is 659 g/mol. The second kappa shape index (κ2) is 17.6. The van der Waals surface area contributed by atoms with Gasteiger partial charge in [0.05, 0.1) is 44.7 Å². The van der Waals surface area contributed by atoms with E-state index in [-0.39, 0.29) is 42.2 Å². The number of benzene rings is 1. The van der Waals surface area contributed by atoms with Crippen molar-refractivity contribution in [2.45, 2.75) is 141 Å². The van der Waals surface area contributed by atoms with Crippen LogP contribution < -0.4 is 4.74 Å². The largest absolute Gasteiger partial charge is 0.497 e. The summed E-state index contributed by atoms with van der Waals surface area (Å²) in [5, 5.41) is 9.41. The molecule has 260 valence electrons. The normalized spacial score (nSPS) is 23.8. The summed E-state index contributed by atoms with van der Waals surface area (Å²) in [6.45, 7) is 23.3. The third-order valence-electron chi connectivity index (χ3n) is 9.36. The summed E-state index contributed by atoms with van der Waals surface area (Å²) in [7, 11) is -0.370. The Morgan fingerprint density at radius 1 is 1.17 bits per heavy atom. The van der Waals surface area contributed by atoms with E-state index in [4.69, 9.17) is 28.1 Å². The van der Waals surface area contributed by atoms with Crippen LogP contribution in [0.15, 0.2) is 60.7 Å². The molecule has 1 fully saturated rings. The SMILES string of the molecule is C=C(CC(C=CC[C@@H](OCc1ccc(OC)cc1)[C@@H]1COC(C)(C)O1)O[Si](C)(C)C(C)(C)C)C[C@H](C)C[C@@H]1CC=C[C@@H](CCO)O1. The zero-order valence-corrected chi connectivity index (χ0v) is 31.1. The molecule has 0 radical (unpaired) electrons. The van der Waals surface area contributed by atoms with Crippen molar-refractivity contribution in [3.05, 3.63) is 66.3 Å². The van der Waals surface area contributed by atoms with Crippen LogP contribution in [0.5, 0.6) is 5.75 Å². The minimum atomic E-state index is -2.04. The van der Waals surface area contributed by atoms with Crippen LogP contribution in [-0.2, 0) is 30.0 Å². The quantitative estimate of drug-likeness (QED) is 0.125. The molecule has 0 spiro atoms. The first-order valence-electron chi connectivity index (χ1n) is 17.1. The number of hydrogen-bond donors (Lipinski definition) is 1. The van der Waals surface area contributed by atoms with Crippen LogP contribution >= 0.6 is 0 Å².